The predicted molar refractivity (Wildman–Crippen MR) is 103 cm³/mol. The number of aromatic nitrogens is 2. The first kappa shape index (κ1) is 17.7. The smallest absolute Gasteiger partial charge is 0.244 e. The van der Waals surface area contributed by atoms with E-state index < -0.39 is 6.04 Å². The highest BCUT2D eigenvalue weighted by Crippen LogP contribution is 2.30. The van der Waals surface area contributed by atoms with Gasteiger partial charge in [0.1, 0.15) is 17.5 Å². The highest BCUT2D eigenvalue weighted by atomic mass is 16.5. The maximum Gasteiger partial charge on any atom is 0.244 e. The van der Waals surface area contributed by atoms with Crippen molar-refractivity contribution in [1.82, 2.24) is 15.1 Å². The van der Waals surface area contributed by atoms with Crippen LogP contribution < -0.4 is 10.1 Å². The first-order chi connectivity index (χ1) is 12.5. The summed E-state index contributed by atoms with van der Waals surface area (Å²) in [5.74, 6) is 1.37. The Balaban J connectivity index is 2.02. The van der Waals surface area contributed by atoms with E-state index in [4.69, 9.17) is 4.74 Å². The summed E-state index contributed by atoms with van der Waals surface area (Å²) in [6, 6.07) is 15.2. The van der Waals surface area contributed by atoms with Crippen LogP contribution in [0.3, 0.4) is 0 Å². The zero-order chi connectivity index (χ0) is 18.7. The van der Waals surface area contributed by atoms with Gasteiger partial charge in [-0.2, -0.15) is 0 Å². The molecule has 0 saturated heterocycles. The molecule has 3 aromatic rings. The Morgan fingerprint density at radius 2 is 1.69 bits per heavy atom. The van der Waals surface area contributed by atoms with Crippen LogP contribution in [0.2, 0.25) is 0 Å². The molecule has 0 radical (unpaired) electrons. The third kappa shape index (κ3) is 3.44. The highest BCUT2D eigenvalue weighted by molar-refractivity contribution is 6.00. The molecule has 0 fully saturated rings. The number of rotatable bonds is 5. The number of carbonyl (C=O) groups is 1. The summed E-state index contributed by atoms with van der Waals surface area (Å²) in [6.07, 6.45) is 0. The molecule has 1 heterocycles. The molecule has 3 rings (SSSR count). The lowest BCUT2D eigenvalue weighted by Gasteiger charge is -2.19. The summed E-state index contributed by atoms with van der Waals surface area (Å²) < 4.78 is 5.22. The van der Waals surface area contributed by atoms with Gasteiger partial charge in [-0.05, 0) is 31.2 Å². The summed E-state index contributed by atoms with van der Waals surface area (Å²) in [5.41, 5.74) is 1.75. The van der Waals surface area contributed by atoms with Crippen molar-refractivity contribution in [3.8, 4) is 17.0 Å². The molecule has 6 nitrogen and oxygen atoms in total. The van der Waals surface area contributed by atoms with Crippen LogP contribution in [0.15, 0.2) is 48.5 Å². The fourth-order valence-electron chi connectivity index (χ4n) is 2.83. The molecule has 0 saturated carbocycles. The van der Waals surface area contributed by atoms with E-state index in [1.807, 2.05) is 55.5 Å². The number of nitrogens with zero attached hydrogens (tertiary/aromatic N) is 3. The molecule has 0 aliphatic rings. The van der Waals surface area contributed by atoms with Crippen LogP contribution in [0.5, 0.6) is 5.75 Å². The van der Waals surface area contributed by atoms with Crippen molar-refractivity contribution in [3.63, 3.8) is 0 Å². The van der Waals surface area contributed by atoms with Gasteiger partial charge < -0.3 is 15.0 Å². The third-order valence-electron chi connectivity index (χ3n) is 4.22. The summed E-state index contributed by atoms with van der Waals surface area (Å²) in [7, 11) is 5.11. The van der Waals surface area contributed by atoms with Gasteiger partial charge in [-0.15, -0.1) is 10.2 Å². The summed E-state index contributed by atoms with van der Waals surface area (Å²) >= 11 is 0. The molecule has 1 N–H and O–H groups in total. The Kier molecular flexibility index (Phi) is 5.02. The average molecular weight is 350 g/mol. The second kappa shape index (κ2) is 7.39. The van der Waals surface area contributed by atoms with E-state index in [-0.39, 0.29) is 5.91 Å². The van der Waals surface area contributed by atoms with Crippen LogP contribution in [-0.2, 0) is 4.79 Å². The van der Waals surface area contributed by atoms with E-state index in [1.165, 1.54) is 0 Å². The van der Waals surface area contributed by atoms with Gasteiger partial charge >= 0.3 is 0 Å². The lowest BCUT2D eigenvalue weighted by atomic mass is 10.0. The van der Waals surface area contributed by atoms with E-state index >= 15 is 0 Å². The van der Waals surface area contributed by atoms with Crippen molar-refractivity contribution in [1.29, 1.82) is 0 Å². The summed E-state index contributed by atoms with van der Waals surface area (Å²) in [5, 5.41) is 13.8. The minimum Gasteiger partial charge on any atom is -0.497 e. The molecule has 6 heteroatoms. The summed E-state index contributed by atoms with van der Waals surface area (Å²) in [6.45, 7) is 1.82. The number of fused-ring (bicyclic) bond motifs is 1. The molecule has 134 valence electrons. The number of ether oxygens (including phenoxy) is 1. The Morgan fingerprint density at radius 1 is 1.04 bits per heavy atom. The van der Waals surface area contributed by atoms with Gasteiger partial charge in [0, 0.05) is 30.4 Å². The normalized spacial score (nSPS) is 11.8. The monoisotopic (exact) mass is 350 g/mol. The van der Waals surface area contributed by atoms with Crippen molar-refractivity contribution < 1.29 is 9.53 Å². The molecular weight excluding hydrogens is 328 g/mol. The first-order valence-electron chi connectivity index (χ1n) is 8.39. The third-order valence-corrected chi connectivity index (χ3v) is 4.22. The van der Waals surface area contributed by atoms with Crippen LogP contribution in [0.1, 0.15) is 6.92 Å². The molecule has 0 bridgehead atoms. The maximum absolute atomic E-state index is 12.1. The van der Waals surface area contributed by atoms with Gasteiger partial charge in [0.2, 0.25) is 5.91 Å². The van der Waals surface area contributed by atoms with Gasteiger partial charge in [0.05, 0.1) is 7.11 Å². The van der Waals surface area contributed by atoms with Gasteiger partial charge in [-0.3, -0.25) is 4.79 Å². The lowest BCUT2D eigenvalue weighted by Crippen LogP contribution is -2.36. The number of methoxy groups -OCH3 is 1. The fourth-order valence-corrected chi connectivity index (χ4v) is 2.83. The lowest BCUT2D eigenvalue weighted by molar-refractivity contribution is -0.129. The minimum atomic E-state index is -0.394. The Morgan fingerprint density at radius 3 is 2.31 bits per heavy atom. The Labute approximate surface area is 152 Å². The standard InChI is InChI=1S/C20H22N4O2/c1-13(20(25)24(2)3)21-19-17-8-6-5-7-16(17)18(22-23-19)14-9-11-15(26-4)12-10-14/h5-13H,1-4H3,(H,21,23)/t13-/m0/s1. The molecule has 1 atom stereocenters. The largest absolute Gasteiger partial charge is 0.497 e. The predicted octanol–water partition coefficient (Wildman–Crippen LogP) is 3.19. The fraction of sp³-hybridized carbons (Fsp3) is 0.250. The van der Waals surface area contributed by atoms with E-state index in [0.29, 0.717) is 5.82 Å². The van der Waals surface area contributed by atoms with Gasteiger partial charge in [-0.1, -0.05) is 24.3 Å². The molecule has 0 unspecified atom stereocenters. The second-order valence-corrected chi connectivity index (χ2v) is 6.27. The number of nitrogens with one attached hydrogen (secondary N) is 1. The number of anilines is 1. The van der Waals surface area contributed by atoms with Crippen molar-refractivity contribution in [3.05, 3.63) is 48.5 Å². The van der Waals surface area contributed by atoms with E-state index in [1.54, 1.807) is 26.1 Å². The molecule has 2 aromatic carbocycles. The molecular formula is C20H22N4O2. The van der Waals surface area contributed by atoms with Gasteiger partial charge in [0.25, 0.3) is 0 Å². The van der Waals surface area contributed by atoms with Crippen LogP contribution >= 0.6 is 0 Å². The maximum atomic E-state index is 12.1. The molecule has 0 aliphatic heterocycles. The Bertz CT molecular complexity index is 923. The zero-order valence-electron chi connectivity index (χ0n) is 15.4. The minimum absolute atomic E-state index is 0.0184. The zero-order valence-corrected chi connectivity index (χ0v) is 15.4. The molecule has 0 spiro atoms. The van der Waals surface area contributed by atoms with E-state index in [9.17, 15) is 4.79 Å². The molecule has 1 amide bonds. The van der Waals surface area contributed by atoms with Crippen LogP contribution in [-0.4, -0.2) is 48.3 Å². The molecule has 26 heavy (non-hydrogen) atoms. The number of likely N-dealkylation sites (N-methyl/N-ethyl adjacent to an activating group) is 1. The van der Waals surface area contributed by atoms with Crippen molar-refractivity contribution in [2.45, 2.75) is 13.0 Å². The number of hydrogen-bond acceptors (Lipinski definition) is 5. The van der Waals surface area contributed by atoms with Crippen LogP contribution in [0, 0.1) is 0 Å². The van der Waals surface area contributed by atoms with E-state index in [2.05, 4.69) is 15.5 Å². The number of amides is 1. The number of benzene rings is 2. The topological polar surface area (TPSA) is 67.4 Å². The van der Waals surface area contributed by atoms with E-state index in [0.717, 1.165) is 27.8 Å². The van der Waals surface area contributed by atoms with Gasteiger partial charge in [-0.25, -0.2) is 0 Å². The SMILES string of the molecule is COc1ccc(-c2nnc(N[C@@H](C)C(=O)N(C)C)c3ccccc23)cc1. The van der Waals surface area contributed by atoms with Crippen molar-refractivity contribution in [2.24, 2.45) is 0 Å². The van der Waals surface area contributed by atoms with Gasteiger partial charge in [0.15, 0.2) is 5.82 Å². The first-order valence-corrected chi connectivity index (χ1v) is 8.39. The van der Waals surface area contributed by atoms with Crippen LogP contribution in [0.25, 0.3) is 22.0 Å². The number of carbonyl (C=O) groups excluding carboxylic acids is 1. The van der Waals surface area contributed by atoms with Crippen LogP contribution in [0.4, 0.5) is 5.82 Å². The molecule has 0 aliphatic carbocycles. The Hall–Kier alpha value is -3.15. The molecule has 1 aromatic heterocycles. The summed E-state index contributed by atoms with van der Waals surface area (Å²) in [4.78, 5) is 13.7. The highest BCUT2D eigenvalue weighted by Gasteiger charge is 2.18. The van der Waals surface area contributed by atoms with Crippen molar-refractivity contribution in [2.75, 3.05) is 26.5 Å². The number of hydrogen-bond donors (Lipinski definition) is 1. The quantitative estimate of drug-likeness (QED) is 0.765. The van der Waals surface area contributed by atoms with Crippen molar-refractivity contribution >= 4 is 22.5 Å². The average Bonchev–Trinajstić information content (AvgIpc) is 2.67. The second-order valence-electron chi connectivity index (χ2n) is 6.27.